The van der Waals surface area contributed by atoms with Gasteiger partial charge in [-0.15, -0.1) is 0 Å². The first-order valence-corrected chi connectivity index (χ1v) is 6.63. The van der Waals surface area contributed by atoms with Gasteiger partial charge in [0, 0.05) is 18.1 Å². The SMILES string of the molecule is O=c1c2ccccc2ccn1CCC1CCNC1. The van der Waals surface area contributed by atoms with Gasteiger partial charge in [0.15, 0.2) is 0 Å². The smallest absolute Gasteiger partial charge is 0.258 e. The van der Waals surface area contributed by atoms with Crippen LogP contribution in [0.15, 0.2) is 41.3 Å². The Morgan fingerprint density at radius 2 is 2.17 bits per heavy atom. The van der Waals surface area contributed by atoms with Crippen molar-refractivity contribution in [1.82, 2.24) is 9.88 Å². The standard InChI is InChI=1S/C15H18N2O/c18-15-14-4-2-1-3-13(14)7-10-17(15)9-6-12-5-8-16-11-12/h1-4,7,10,12,16H,5-6,8-9,11H2. The maximum absolute atomic E-state index is 12.3. The molecule has 1 aromatic heterocycles. The van der Waals surface area contributed by atoms with Gasteiger partial charge in [0.25, 0.3) is 5.56 Å². The molecule has 0 bridgehead atoms. The van der Waals surface area contributed by atoms with Gasteiger partial charge in [-0.05, 0) is 49.4 Å². The monoisotopic (exact) mass is 242 g/mol. The topological polar surface area (TPSA) is 34.0 Å². The van der Waals surface area contributed by atoms with Crippen molar-refractivity contribution in [2.45, 2.75) is 19.4 Å². The highest BCUT2D eigenvalue weighted by Crippen LogP contribution is 2.13. The minimum Gasteiger partial charge on any atom is -0.316 e. The van der Waals surface area contributed by atoms with Gasteiger partial charge in [-0.25, -0.2) is 0 Å². The van der Waals surface area contributed by atoms with Crippen LogP contribution < -0.4 is 10.9 Å². The third-order valence-corrected chi connectivity index (χ3v) is 3.83. The number of rotatable bonds is 3. The van der Waals surface area contributed by atoms with Crippen molar-refractivity contribution in [1.29, 1.82) is 0 Å². The van der Waals surface area contributed by atoms with E-state index in [4.69, 9.17) is 0 Å². The maximum Gasteiger partial charge on any atom is 0.258 e. The summed E-state index contributed by atoms with van der Waals surface area (Å²) >= 11 is 0. The van der Waals surface area contributed by atoms with Crippen molar-refractivity contribution in [3.05, 3.63) is 46.9 Å². The molecular formula is C15H18N2O. The Kier molecular flexibility index (Phi) is 3.15. The molecule has 0 aliphatic carbocycles. The van der Waals surface area contributed by atoms with E-state index in [9.17, 15) is 4.79 Å². The predicted molar refractivity (Wildman–Crippen MR) is 73.8 cm³/mol. The Labute approximate surface area is 106 Å². The zero-order valence-electron chi connectivity index (χ0n) is 10.4. The van der Waals surface area contributed by atoms with Crippen LogP contribution in [-0.2, 0) is 6.54 Å². The molecule has 3 heteroatoms. The van der Waals surface area contributed by atoms with Crippen molar-refractivity contribution in [2.75, 3.05) is 13.1 Å². The van der Waals surface area contributed by atoms with Crippen molar-refractivity contribution in [2.24, 2.45) is 5.92 Å². The van der Waals surface area contributed by atoms with Gasteiger partial charge < -0.3 is 9.88 Å². The molecule has 0 spiro atoms. The maximum atomic E-state index is 12.3. The number of pyridine rings is 1. The molecule has 1 atom stereocenters. The largest absolute Gasteiger partial charge is 0.316 e. The van der Waals surface area contributed by atoms with Gasteiger partial charge >= 0.3 is 0 Å². The van der Waals surface area contributed by atoms with Crippen LogP contribution >= 0.6 is 0 Å². The van der Waals surface area contributed by atoms with E-state index in [1.54, 1.807) is 0 Å². The molecule has 1 aliphatic rings. The zero-order valence-corrected chi connectivity index (χ0v) is 10.4. The number of hydrogen-bond acceptors (Lipinski definition) is 2. The number of fused-ring (bicyclic) bond motifs is 1. The van der Waals surface area contributed by atoms with Crippen LogP contribution in [0.4, 0.5) is 0 Å². The van der Waals surface area contributed by atoms with E-state index in [2.05, 4.69) is 5.32 Å². The molecule has 1 aromatic carbocycles. The van der Waals surface area contributed by atoms with Gasteiger partial charge in [-0.3, -0.25) is 4.79 Å². The normalized spacial score (nSPS) is 19.4. The first kappa shape index (κ1) is 11.5. The summed E-state index contributed by atoms with van der Waals surface area (Å²) in [5.74, 6) is 0.725. The second-order valence-corrected chi connectivity index (χ2v) is 5.05. The molecule has 0 saturated carbocycles. The number of nitrogens with zero attached hydrogens (tertiary/aromatic N) is 1. The summed E-state index contributed by atoms with van der Waals surface area (Å²) in [7, 11) is 0. The Balaban J connectivity index is 1.83. The van der Waals surface area contributed by atoms with Gasteiger partial charge in [0.1, 0.15) is 0 Å². The van der Waals surface area contributed by atoms with E-state index in [1.807, 2.05) is 41.1 Å². The fraction of sp³-hybridized carbons (Fsp3) is 0.400. The minimum absolute atomic E-state index is 0.138. The third-order valence-electron chi connectivity index (χ3n) is 3.83. The highest BCUT2D eigenvalue weighted by Gasteiger charge is 2.14. The molecule has 1 N–H and O–H groups in total. The molecule has 1 saturated heterocycles. The Morgan fingerprint density at radius 1 is 1.28 bits per heavy atom. The van der Waals surface area contributed by atoms with Crippen LogP contribution in [0.2, 0.25) is 0 Å². The van der Waals surface area contributed by atoms with Gasteiger partial charge in [-0.2, -0.15) is 0 Å². The lowest BCUT2D eigenvalue weighted by Crippen LogP contribution is -2.21. The molecular weight excluding hydrogens is 224 g/mol. The van der Waals surface area contributed by atoms with E-state index in [1.165, 1.54) is 6.42 Å². The van der Waals surface area contributed by atoms with Crippen LogP contribution in [0.1, 0.15) is 12.8 Å². The summed E-state index contributed by atoms with van der Waals surface area (Å²) in [4.78, 5) is 12.3. The van der Waals surface area contributed by atoms with Crippen molar-refractivity contribution in [3.8, 4) is 0 Å². The molecule has 94 valence electrons. The summed E-state index contributed by atoms with van der Waals surface area (Å²) < 4.78 is 1.85. The van der Waals surface area contributed by atoms with Crippen LogP contribution in [0.25, 0.3) is 10.8 Å². The molecule has 3 rings (SSSR count). The van der Waals surface area contributed by atoms with Crippen molar-refractivity contribution in [3.63, 3.8) is 0 Å². The molecule has 18 heavy (non-hydrogen) atoms. The minimum atomic E-state index is 0.138. The molecule has 0 radical (unpaired) electrons. The summed E-state index contributed by atoms with van der Waals surface area (Å²) in [6, 6.07) is 9.82. The van der Waals surface area contributed by atoms with Crippen molar-refractivity contribution < 1.29 is 0 Å². The van der Waals surface area contributed by atoms with E-state index in [0.29, 0.717) is 0 Å². The van der Waals surface area contributed by atoms with Crippen LogP contribution in [0.5, 0.6) is 0 Å². The third kappa shape index (κ3) is 2.18. The molecule has 0 amide bonds. The average molecular weight is 242 g/mol. The van der Waals surface area contributed by atoms with E-state index >= 15 is 0 Å². The average Bonchev–Trinajstić information content (AvgIpc) is 2.91. The Hall–Kier alpha value is -1.61. The van der Waals surface area contributed by atoms with Gasteiger partial charge in [-0.1, -0.05) is 18.2 Å². The van der Waals surface area contributed by atoms with Crippen LogP contribution in [0.3, 0.4) is 0 Å². The first-order valence-electron chi connectivity index (χ1n) is 6.63. The lowest BCUT2D eigenvalue weighted by atomic mass is 10.1. The van der Waals surface area contributed by atoms with Crippen LogP contribution in [0, 0.1) is 5.92 Å². The summed E-state index contributed by atoms with van der Waals surface area (Å²) in [5.41, 5.74) is 0.138. The summed E-state index contributed by atoms with van der Waals surface area (Å²) in [6.45, 7) is 3.05. The Morgan fingerprint density at radius 3 is 3.00 bits per heavy atom. The number of hydrogen-bond donors (Lipinski definition) is 1. The van der Waals surface area contributed by atoms with Gasteiger partial charge in [0.05, 0.1) is 0 Å². The first-order chi connectivity index (χ1) is 8.84. The lowest BCUT2D eigenvalue weighted by molar-refractivity contribution is 0.475. The Bertz CT molecular complexity index is 597. The van der Waals surface area contributed by atoms with E-state index in [0.717, 1.165) is 42.7 Å². The number of nitrogens with one attached hydrogen (secondary N) is 1. The van der Waals surface area contributed by atoms with Crippen LogP contribution in [-0.4, -0.2) is 17.7 Å². The van der Waals surface area contributed by atoms with E-state index in [-0.39, 0.29) is 5.56 Å². The molecule has 1 aliphatic heterocycles. The number of aryl methyl sites for hydroxylation is 1. The summed E-state index contributed by atoms with van der Waals surface area (Å²) in [6.07, 6.45) is 4.25. The molecule has 1 unspecified atom stereocenters. The van der Waals surface area contributed by atoms with E-state index < -0.39 is 0 Å². The number of benzene rings is 1. The fourth-order valence-corrected chi connectivity index (χ4v) is 2.69. The lowest BCUT2D eigenvalue weighted by Gasteiger charge is -2.10. The highest BCUT2D eigenvalue weighted by molar-refractivity contribution is 5.81. The zero-order chi connectivity index (χ0) is 12.4. The molecule has 2 heterocycles. The second-order valence-electron chi connectivity index (χ2n) is 5.05. The second kappa shape index (κ2) is 4.94. The predicted octanol–water partition coefficient (Wildman–Crippen LogP) is 2.00. The highest BCUT2D eigenvalue weighted by atomic mass is 16.1. The molecule has 2 aromatic rings. The fourth-order valence-electron chi connectivity index (χ4n) is 2.69. The number of aromatic nitrogens is 1. The molecule has 3 nitrogen and oxygen atoms in total. The molecule has 1 fully saturated rings. The van der Waals surface area contributed by atoms with Crippen molar-refractivity contribution >= 4 is 10.8 Å². The van der Waals surface area contributed by atoms with Gasteiger partial charge in [0.2, 0.25) is 0 Å². The summed E-state index contributed by atoms with van der Waals surface area (Å²) in [5, 5.41) is 5.22. The quantitative estimate of drug-likeness (QED) is 0.893.